The lowest BCUT2D eigenvalue weighted by Crippen LogP contribution is -2.38. The van der Waals surface area contributed by atoms with Crippen molar-refractivity contribution in [1.29, 1.82) is 0 Å². The Morgan fingerprint density at radius 2 is 2.00 bits per heavy atom. The first-order valence-corrected chi connectivity index (χ1v) is 7.35. The Morgan fingerprint density at radius 1 is 1.26 bits per heavy atom. The summed E-state index contributed by atoms with van der Waals surface area (Å²) in [6, 6.07) is 8.72. The highest BCUT2D eigenvalue weighted by molar-refractivity contribution is 5.21. The lowest BCUT2D eigenvalue weighted by atomic mass is 10.00. The van der Waals surface area contributed by atoms with Crippen LogP contribution in [0, 0.1) is 0 Å². The van der Waals surface area contributed by atoms with Crippen molar-refractivity contribution < 1.29 is 9.84 Å². The molecule has 2 rings (SSSR count). The second-order valence-electron chi connectivity index (χ2n) is 5.36. The van der Waals surface area contributed by atoms with Crippen molar-refractivity contribution in [3.8, 4) is 0 Å². The molecule has 106 valence electrons. The van der Waals surface area contributed by atoms with Crippen molar-refractivity contribution in [2.75, 3.05) is 6.61 Å². The van der Waals surface area contributed by atoms with Crippen LogP contribution in [0.4, 0.5) is 0 Å². The summed E-state index contributed by atoms with van der Waals surface area (Å²) in [5.74, 6) is 0. The molecule has 3 nitrogen and oxygen atoms in total. The molecule has 2 atom stereocenters. The molecule has 1 saturated heterocycles. The summed E-state index contributed by atoms with van der Waals surface area (Å²) in [6.07, 6.45) is 5.04. The Kier molecular flexibility index (Phi) is 5.83. The number of hydrogen-bond donors (Lipinski definition) is 2. The topological polar surface area (TPSA) is 41.5 Å². The minimum Gasteiger partial charge on any atom is -0.392 e. The zero-order chi connectivity index (χ0) is 13.5. The molecule has 1 aromatic rings. The highest BCUT2D eigenvalue weighted by Gasteiger charge is 2.21. The highest BCUT2D eigenvalue weighted by Crippen LogP contribution is 2.18. The van der Waals surface area contributed by atoms with Gasteiger partial charge in [0.1, 0.15) is 0 Å². The van der Waals surface area contributed by atoms with Gasteiger partial charge in [-0.05, 0) is 30.4 Å². The molecule has 1 heterocycles. The molecule has 3 heteroatoms. The van der Waals surface area contributed by atoms with Crippen LogP contribution in [0.15, 0.2) is 24.3 Å². The van der Waals surface area contributed by atoms with Gasteiger partial charge in [0.05, 0.1) is 12.7 Å². The normalized spacial score (nSPS) is 23.5. The van der Waals surface area contributed by atoms with Crippen LogP contribution in [0.1, 0.15) is 43.7 Å². The van der Waals surface area contributed by atoms with Gasteiger partial charge < -0.3 is 15.2 Å². The molecule has 1 fully saturated rings. The van der Waals surface area contributed by atoms with Crippen molar-refractivity contribution in [1.82, 2.24) is 5.32 Å². The van der Waals surface area contributed by atoms with E-state index in [-0.39, 0.29) is 6.61 Å². The second kappa shape index (κ2) is 7.63. The molecule has 0 bridgehead atoms. The van der Waals surface area contributed by atoms with E-state index in [0.717, 1.165) is 31.6 Å². The van der Waals surface area contributed by atoms with Crippen LogP contribution >= 0.6 is 0 Å². The Morgan fingerprint density at radius 3 is 2.68 bits per heavy atom. The average Bonchev–Trinajstić information content (AvgIpc) is 2.46. The number of aliphatic hydroxyl groups is 1. The number of hydrogen-bond acceptors (Lipinski definition) is 3. The number of nitrogens with one attached hydrogen (secondary N) is 1. The summed E-state index contributed by atoms with van der Waals surface area (Å²) in [6.45, 7) is 4.11. The van der Waals surface area contributed by atoms with E-state index >= 15 is 0 Å². The molecule has 0 saturated carbocycles. The third-order valence-corrected chi connectivity index (χ3v) is 3.78. The van der Waals surface area contributed by atoms with E-state index in [1.807, 2.05) is 12.1 Å². The van der Waals surface area contributed by atoms with Gasteiger partial charge in [0, 0.05) is 19.2 Å². The van der Waals surface area contributed by atoms with Gasteiger partial charge in [0.15, 0.2) is 0 Å². The number of benzene rings is 1. The van der Waals surface area contributed by atoms with Crippen molar-refractivity contribution in [2.24, 2.45) is 0 Å². The average molecular weight is 263 g/mol. The second-order valence-corrected chi connectivity index (χ2v) is 5.36. The van der Waals surface area contributed by atoms with E-state index in [2.05, 4.69) is 24.4 Å². The molecule has 2 N–H and O–H groups in total. The van der Waals surface area contributed by atoms with Gasteiger partial charge in [0.2, 0.25) is 0 Å². The first kappa shape index (κ1) is 14.5. The summed E-state index contributed by atoms with van der Waals surface area (Å²) >= 11 is 0. The molecular formula is C16H25NO2. The van der Waals surface area contributed by atoms with E-state index in [1.165, 1.54) is 18.4 Å². The lowest BCUT2D eigenvalue weighted by molar-refractivity contribution is -0.00342. The summed E-state index contributed by atoms with van der Waals surface area (Å²) < 4.78 is 5.76. The Labute approximate surface area is 116 Å². The molecule has 0 aromatic heterocycles. The van der Waals surface area contributed by atoms with Crippen LogP contribution in [0.3, 0.4) is 0 Å². The number of aliphatic hydroxyl groups excluding tert-OH is 1. The van der Waals surface area contributed by atoms with Crippen LogP contribution < -0.4 is 5.32 Å². The molecule has 0 aliphatic carbocycles. The maximum absolute atomic E-state index is 9.01. The SMILES string of the molecule is CCCC1CC(NCc2ccc(CO)cc2)CCO1. The summed E-state index contributed by atoms with van der Waals surface area (Å²) in [5.41, 5.74) is 2.24. The molecule has 0 amide bonds. The van der Waals surface area contributed by atoms with Crippen LogP contribution in [-0.2, 0) is 17.9 Å². The number of rotatable bonds is 6. The molecule has 1 aliphatic rings. The fourth-order valence-corrected chi connectivity index (χ4v) is 2.61. The standard InChI is InChI=1S/C16H25NO2/c1-2-3-16-10-15(8-9-19-16)17-11-13-4-6-14(12-18)7-5-13/h4-7,15-18H,2-3,8-12H2,1H3. The first-order valence-electron chi connectivity index (χ1n) is 7.35. The predicted octanol–water partition coefficient (Wildman–Crippen LogP) is 2.62. The Bertz CT molecular complexity index is 362. The van der Waals surface area contributed by atoms with E-state index in [9.17, 15) is 0 Å². The minimum atomic E-state index is 0.117. The molecule has 2 unspecified atom stereocenters. The van der Waals surface area contributed by atoms with Crippen molar-refractivity contribution in [2.45, 2.75) is 57.9 Å². The lowest BCUT2D eigenvalue weighted by Gasteiger charge is -2.30. The molecule has 19 heavy (non-hydrogen) atoms. The van der Waals surface area contributed by atoms with Gasteiger partial charge in [0.25, 0.3) is 0 Å². The predicted molar refractivity (Wildman–Crippen MR) is 76.9 cm³/mol. The summed E-state index contributed by atoms with van der Waals surface area (Å²) in [4.78, 5) is 0. The van der Waals surface area contributed by atoms with Crippen LogP contribution in [0.2, 0.25) is 0 Å². The van der Waals surface area contributed by atoms with Gasteiger partial charge in [-0.2, -0.15) is 0 Å². The van der Waals surface area contributed by atoms with Crippen LogP contribution in [-0.4, -0.2) is 23.9 Å². The van der Waals surface area contributed by atoms with Gasteiger partial charge in [-0.1, -0.05) is 37.6 Å². The van der Waals surface area contributed by atoms with Crippen LogP contribution in [0.5, 0.6) is 0 Å². The van der Waals surface area contributed by atoms with Crippen molar-refractivity contribution >= 4 is 0 Å². The minimum absolute atomic E-state index is 0.117. The fraction of sp³-hybridized carbons (Fsp3) is 0.625. The van der Waals surface area contributed by atoms with Crippen molar-refractivity contribution in [3.05, 3.63) is 35.4 Å². The molecule has 0 radical (unpaired) electrons. The van der Waals surface area contributed by atoms with E-state index in [4.69, 9.17) is 9.84 Å². The molecule has 0 spiro atoms. The highest BCUT2D eigenvalue weighted by atomic mass is 16.5. The molecule has 1 aliphatic heterocycles. The van der Waals surface area contributed by atoms with Gasteiger partial charge in [-0.15, -0.1) is 0 Å². The zero-order valence-corrected chi connectivity index (χ0v) is 11.8. The third-order valence-electron chi connectivity index (χ3n) is 3.78. The summed E-state index contributed by atoms with van der Waals surface area (Å²) in [7, 11) is 0. The smallest absolute Gasteiger partial charge is 0.0681 e. The maximum atomic E-state index is 9.01. The van der Waals surface area contributed by atoms with Gasteiger partial charge in [-0.25, -0.2) is 0 Å². The van der Waals surface area contributed by atoms with Gasteiger partial charge in [-0.3, -0.25) is 0 Å². The fourth-order valence-electron chi connectivity index (χ4n) is 2.61. The van der Waals surface area contributed by atoms with E-state index in [1.54, 1.807) is 0 Å². The Balaban J connectivity index is 1.77. The maximum Gasteiger partial charge on any atom is 0.0681 e. The quantitative estimate of drug-likeness (QED) is 0.829. The largest absolute Gasteiger partial charge is 0.392 e. The zero-order valence-electron chi connectivity index (χ0n) is 11.8. The first-order chi connectivity index (χ1) is 9.31. The molecule has 1 aromatic carbocycles. The molecular weight excluding hydrogens is 238 g/mol. The number of ether oxygens (including phenoxy) is 1. The van der Waals surface area contributed by atoms with Crippen molar-refractivity contribution in [3.63, 3.8) is 0 Å². The van der Waals surface area contributed by atoms with Crippen LogP contribution in [0.25, 0.3) is 0 Å². The van der Waals surface area contributed by atoms with E-state index in [0.29, 0.717) is 12.1 Å². The third kappa shape index (κ3) is 4.60. The Hall–Kier alpha value is -0.900. The monoisotopic (exact) mass is 263 g/mol. The van der Waals surface area contributed by atoms with Gasteiger partial charge >= 0.3 is 0 Å². The summed E-state index contributed by atoms with van der Waals surface area (Å²) in [5, 5.41) is 12.6. The van der Waals surface area contributed by atoms with E-state index < -0.39 is 0 Å².